The molecule has 0 fully saturated rings. The van der Waals surface area contributed by atoms with Crippen LogP contribution in [0.15, 0.2) is 53.4 Å². The van der Waals surface area contributed by atoms with E-state index in [9.17, 15) is 13.2 Å². The van der Waals surface area contributed by atoms with Gasteiger partial charge in [-0.2, -0.15) is 0 Å². The molecule has 0 unspecified atom stereocenters. The van der Waals surface area contributed by atoms with E-state index >= 15 is 0 Å². The number of carbonyl (C=O) groups excluding carboxylic acids is 1. The molecule has 5 nitrogen and oxygen atoms in total. The van der Waals surface area contributed by atoms with Gasteiger partial charge >= 0.3 is 0 Å². The molecule has 2 aromatic carbocycles. The van der Waals surface area contributed by atoms with E-state index in [-0.39, 0.29) is 23.9 Å². The van der Waals surface area contributed by atoms with E-state index in [1.165, 1.54) is 19.1 Å². The third kappa shape index (κ3) is 5.85. The molecule has 0 aromatic heterocycles. The van der Waals surface area contributed by atoms with Crippen molar-refractivity contribution in [2.45, 2.75) is 25.3 Å². The number of halogens is 1. The number of benzene rings is 2. The van der Waals surface area contributed by atoms with Gasteiger partial charge < -0.3 is 4.90 Å². The van der Waals surface area contributed by atoms with Gasteiger partial charge in [0.25, 0.3) is 0 Å². The first-order valence-corrected chi connectivity index (χ1v) is 9.70. The second kappa shape index (κ2) is 8.47. The highest BCUT2D eigenvalue weighted by Gasteiger charge is 2.15. The largest absolute Gasteiger partial charge is 0.337 e. The fourth-order valence-corrected chi connectivity index (χ4v) is 3.73. The number of carbonyl (C=O) groups is 1. The highest BCUT2D eigenvalue weighted by Crippen LogP contribution is 2.15. The van der Waals surface area contributed by atoms with Crippen LogP contribution < -0.4 is 4.72 Å². The number of nitrogens with zero attached hydrogens (tertiary/aromatic N) is 1. The fraction of sp³-hybridized carbons (Fsp3) is 0.278. The molecular weight excluding hydrogens is 360 g/mol. The molecular formula is C18H21ClN2O3S. The Morgan fingerprint density at radius 2 is 1.88 bits per heavy atom. The molecule has 134 valence electrons. The molecule has 0 aliphatic heterocycles. The zero-order valence-corrected chi connectivity index (χ0v) is 15.8. The molecule has 25 heavy (non-hydrogen) atoms. The summed E-state index contributed by atoms with van der Waals surface area (Å²) in [4.78, 5) is 13.5. The van der Waals surface area contributed by atoms with Gasteiger partial charge in [0.1, 0.15) is 0 Å². The average Bonchev–Trinajstić information content (AvgIpc) is 2.54. The summed E-state index contributed by atoms with van der Waals surface area (Å²) in [5, 5.41) is 0.354. The van der Waals surface area contributed by atoms with Crippen LogP contribution in [0.4, 0.5) is 0 Å². The lowest BCUT2D eigenvalue weighted by molar-refractivity contribution is -0.129. The van der Waals surface area contributed by atoms with Gasteiger partial charge in [-0.15, -0.1) is 0 Å². The van der Waals surface area contributed by atoms with Crippen molar-refractivity contribution in [1.82, 2.24) is 9.62 Å². The number of nitrogens with one attached hydrogen (secondary N) is 1. The van der Waals surface area contributed by atoms with Crippen LogP contribution in [-0.4, -0.2) is 32.3 Å². The van der Waals surface area contributed by atoms with Crippen molar-refractivity contribution in [3.8, 4) is 0 Å². The van der Waals surface area contributed by atoms with Crippen LogP contribution in [0.3, 0.4) is 0 Å². The minimum Gasteiger partial charge on any atom is -0.337 e. The minimum atomic E-state index is -3.66. The summed E-state index contributed by atoms with van der Waals surface area (Å²) in [5.74, 6) is -0.108. The third-order valence-electron chi connectivity index (χ3n) is 3.68. The topological polar surface area (TPSA) is 66.5 Å². The van der Waals surface area contributed by atoms with E-state index < -0.39 is 10.0 Å². The van der Waals surface area contributed by atoms with Crippen LogP contribution in [0.1, 0.15) is 18.1 Å². The molecule has 0 bridgehead atoms. The maximum absolute atomic E-state index is 12.3. The summed E-state index contributed by atoms with van der Waals surface area (Å²) < 4.78 is 27.0. The Morgan fingerprint density at radius 3 is 2.52 bits per heavy atom. The maximum atomic E-state index is 12.3. The first kappa shape index (κ1) is 19.4. The smallest absolute Gasteiger partial charge is 0.240 e. The van der Waals surface area contributed by atoms with Crippen molar-refractivity contribution in [3.63, 3.8) is 0 Å². The van der Waals surface area contributed by atoms with E-state index in [4.69, 9.17) is 11.6 Å². The minimum absolute atomic E-state index is 0.105. The lowest BCUT2D eigenvalue weighted by Crippen LogP contribution is -2.37. The number of sulfonamides is 1. The molecule has 0 atom stereocenters. The number of aryl methyl sites for hydroxylation is 1. The Morgan fingerprint density at radius 1 is 1.16 bits per heavy atom. The SMILES string of the molecule is CC(=O)N(CCNS(=O)(=O)c1cccc(Cl)c1)Cc1cccc(C)c1. The molecule has 1 N–H and O–H groups in total. The van der Waals surface area contributed by atoms with Crippen LogP contribution in [0.2, 0.25) is 5.02 Å². The highest BCUT2D eigenvalue weighted by molar-refractivity contribution is 7.89. The second-order valence-corrected chi connectivity index (χ2v) is 7.99. The lowest BCUT2D eigenvalue weighted by Gasteiger charge is -2.21. The predicted molar refractivity (Wildman–Crippen MR) is 98.9 cm³/mol. The summed E-state index contributed by atoms with van der Waals surface area (Å²) in [5.41, 5.74) is 2.12. The van der Waals surface area contributed by atoms with Gasteiger partial charge in [0.2, 0.25) is 15.9 Å². The van der Waals surface area contributed by atoms with Gasteiger partial charge in [0.05, 0.1) is 4.90 Å². The van der Waals surface area contributed by atoms with Crippen molar-refractivity contribution in [1.29, 1.82) is 0 Å². The number of rotatable bonds is 7. The predicted octanol–water partition coefficient (Wildman–Crippen LogP) is 2.98. The summed E-state index contributed by atoms with van der Waals surface area (Å²) in [6.07, 6.45) is 0. The maximum Gasteiger partial charge on any atom is 0.240 e. The Hall–Kier alpha value is -1.89. The Labute approximate surface area is 153 Å². The average molecular weight is 381 g/mol. The zero-order valence-electron chi connectivity index (χ0n) is 14.2. The molecule has 2 aromatic rings. The van der Waals surface area contributed by atoms with Crippen molar-refractivity contribution in [3.05, 3.63) is 64.7 Å². The van der Waals surface area contributed by atoms with E-state index in [0.29, 0.717) is 11.6 Å². The van der Waals surface area contributed by atoms with Gasteiger partial charge in [-0.05, 0) is 30.7 Å². The van der Waals surface area contributed by atoms with Crippen LogP contribution >= 0.6 is 11.6 Å². The molecule has 0 heterocycles. The first-order valence-electron chi connectivity index (χ1n) is 7.84. The van der Waals surface area contributed by atoms with Gasteiger partial charge in [0, 0.05) is 31.6 Å². The quantitative estimate of drug-likeness (QED) is 0.803. The fourth-order valence-electron chi connectivity index (χ4n) is 2.41. The van der Waals surface area contributed by atoms with Crippen LogP contribution in [-0.2, 0) is 21.4 Å². The summed E-state index contributed by atoms with van der Waals surface area (Å²) in [6, 6.07) is 13.9. The van der Waals surface area contributed by atoms with Gasteiger partial charge in [-0.25, -0.2) is 13.1 Å². The number of hydrogen-bond acceptors (Lipinski definition) is 3. The number of hydrogen-bond donors (Lipinski definition) is 1. The molecule has 7 heteroatoms. The molecule has 0 saturated carbocycles. The normalized spacial score (nSPS) is 11.3. The first-order chi connectivity index (χ1) is 11.8. The standard InChI is InChI=1S/C18H21ClN2O3S/c1-14-5-3-6-16(11-14)13-21(15(2)22)10-9-20-25(23,24)18-8-4-7-17(19)12-18/h3-8,11-12,20H,9-10,13H2,1-2H3. The van der Waals surface area contributed by atoms with Crippen LogP contribution in [0.25, 0.3) is 0 Å². The van der Waals surface area contributed by atoms with E-state index in [1.807, 2.05) is 31.2 Å². The second-order valence-electron chi connectivity index (χ2n) is 5.78. The molecule has 1 amide bonds. The highest BCUT2D eigenvalue weighted by atomic mass is 35.5. The van der Waals surface area contributed by atoms with Crippen LogP contribution in [0.5, 0.6) is 0 Å². The molecule has 0 saturated heterocycles. The molecule has 0 radical (unpaired) electrons. The Kier molecular flexibility index (Phi) is 6.58. The molecule has 2 rings (SSSR count). The Balaban J connectivity index is 1.98. The van der Waals surface area contributed by atoms with E-state index in [1.54, 1.807) is 17.0 Å². The number of amides is 1. The van der Waals surface area contributed by atoms with Gasteiger partial charge in [0.15, 0.2) is 0 Å². The molecule has 0 aliphatic rings. The van der Waals surface area contributed by atoms with Crippen molar-refractivity contribution in [2.24, 2.45) is 0 Å². The van der Waals surface area contributed by atoms with Crippen molar-refractivity contribution in [2.75, 3.05) is 13.1 Å². The van der Waals surface area contributed by atoms with Crippen molar-refractivity contribution >= 4 is 27.5 Å². The Bertz CT molecular complexity index is 853. The van der Waals surface area contributed by atoms with E-state index in [0.717, 1.165) is 11.1 Å². The van der Waals surface area contributed by atoms with Gasteiger partial charge in [-0.1, -0.05) is 47.5 Å². The molecule has 0 spiro atoms. The summed E-state index contributed by atoms with van der Waals surface area (Å²) >= 11 is 5.83. The monoisotopic (exact) mass is 380 g/mol. The summed E-state index contributed by atoms with van der Waals surface area (Å²) in [7, 11) is -3.66. The summed E-state index contributed by atoms with van der Waals surface area (Å²) in [6.45, 7) is 4.31. The van der Waals surface area contributed by atoms with Crippen molar-refractivity contribution < 1.29 is 13.2 Å². The zero-order chi connectivity index (χ0) is 18.4. The lowest BCUT2D eigenvalue weighted by atomic mass is 10.1. The van der Waals surface area contributed by atoms with E-state index in [2.05, 4.69) is 4.72 Å². The van der Waals surface area contributed by atoms with Gasteiger partial charge in [-0.3, -0.25) is 4.79 Å². The van der Waals surface area contributed by atoms with Crippen LogP contribution in [0, 0.1) is 6.92 Å². The third-order valence-corrected chi connectivity index (χ3v) is 5.38. The molecule has 0 aliphatic carbocycles.